The lowest BCUT2D eigenvalue weighted by Crippen LogP contribution is -2.59. The Hall–Kier alpha value is -2.56. The number of fused-ring (bicyclic) bond motifs is 2. The molecule has 0 radical (unpaired) electrons. The normalized spacial score (nSPS) is 30.4. The minimum absolute atomic E-state index is 0.0273. The van der Waals surface area contributed by atoms with Gasteiger partial charge in [-0.3, -0.25) is 0 Å². The van der Waals surface area contributed by atoms with E-state index < -0.39 is 5.60 Å². The molecule has 33 heavy (non-hydrogen) atoms. The van der Waals surface area contributed by atoms with Gasteiger partial charge in [-0.2, -0.15) is 5.26 Å². The highest BCUT2D eigenvalue weighted by molar-refractivity contribution is 5.72. The van der Waals surface area contributed by atoms with Gasteiger partial charge in [-0.15, -0.1) is 0 Å². The summed E-state index contributed by atoms with van der Waals surface area (Å²) in [5, 5.41) is 9.26. The number of piperazine rings is 1. The zero-order valence-corrected chi connectivity index (χ0v) is 20.5. The van der Waals surface area contributed by atoms with Crippen LogP contribution in [0.2, 0.25) is 0 Å². The molecule has 0 aromatic carbocycles. The van der Waals surface area contributed by atoms with Gasteiger partial charge in [-0.05, 0) is 60.3 Å². The van der Waals surface area contributed by atoms with Crippen molar-refractivity contribution in [3.05, 3.63) is 11.9 Å². The van der Waals surface area contributed by atoms with Gasteiger partial charge in [0.25, 0.3) is 0 Å². The van der Waals surface area contributed by atoms with Crippen LogP contribution in [0.5, 0.6) is 0 Å². The average molecular weight is 453 g/mol. The van der Waals surface area contributed by atoms with Crippen LogP contribution < -0.4 is 9.80 Å². The van der Waals surface area contributed by atoms with Crippen molar-refractivity contribution in [2.75, 3.05) is 29.4 Å². The number of aromatic nitrogens is 2. The monoisotopic (exact) mass is 452 g/mol. The number of hydrogen-bond acceptors (Lipinski definition) is 7. The number of anilines is 2. The lowest BCUT2D eigenvalue weighted by Gasteiger charge is -2.47. The first-order valence-electron chi connectivity index (χ1n) is 12.4. The molecule has 3 fully saturated rings. The summed E-state index contributed by atoms with van der Waals surface area (Å²) in [4.78, 5) is 29.1. The third kappa shape index (κ3) is 3.70. The molecule has 0 unspecified atom stereocenters. The Morgan fingerprint density at radius 2 is 1.79 bits per heavy atom. The molecule has 1 aromatic rings. The average Bonchev–Trinajstić information content (AvgIpc) is 3.03. The fraction of sp³-hybridized carbons (Fsp3) is 0.760. The number of hydrogen-bond donors (Lipinski definition) is 0. The van der Waals surface area contributed by atoms with Crippen molar-refractivity contribution < 1.29 is 9.53 Å². The minimum atomic E-state index is -0.503. The van der Waals surface area contributed by atoms with Crippen LogP contribution in [0.3, 0.4) is 0 Å². The van der Waals surface area contributed by atoms with Gasteiger partial charge in [0.15, 0.2) is 0 Å². The topological polar surface area (TPSA) is 85.6 Å². The van der Waals surface area contributed by atoms with Crippen LogP contribution in [0.1, 0.15) is 72.3 Å². The molecule has 5 rings (SSSR count). The summed E-state index contributed by atoms with van der Waals surface area (Å²) in [7, 11) is 0. The first-order valence-corrected chi connectivity index (χ1v) is 12.4. The smallest absolute Gasteiger partial charge is 0.410 e. The van der Waals surface area contributed by atoms with E-state index in [9.17, 15) is 10.1 Å². The molecule has 2 aliphatic heterocycles. The lowest BCUT2D eigenvalue weighted by molar-refractivity contribution is 0.0129. The molecule has 2 atom stereocenters. The second-order valence-electron chi connectivity index (χ2n) is 11.6. The van der Waals surface area contributed by atoms with Crippen molar-refractivity contribution in [2.45, 2.75) is 95.9 Å². The Kier molecular flexibility index (Phi) is 5.22. The molecular formula is C25H36N6O2. The zero-order chi connectivity index (χ0) is 23.5. The van der Waals surface area contributed by atoms with Gasteiger partial charge in [-0.25, -0.2) is 14.8 Å². The number of nitrogens with zero attached hydrogens (tertiary/aromatic N) is 6. The Bertz CT molecular complexity index is 972. The molecular weight excluding hydrogens is 416 g/mol. The van der Waals surface area contributed by atoms with Gasteiger partial charge in [0, 0.05) is 48.7 Å². The first-order chi connectivity index (χ1) is 15.6. The predicted octanol–water partition coefficient (Wildman–Crippen LogP) is 3.85. The van der Waals surface area contributed by atoms with Gasteiger partial charge in [0.05, 0.1) is 12.0 Å². The molecule has 4 aliphatic rings. The van der Waals surface area contributed by atoms with Gasteiger partial charge in [0.1, 0.15) is 23.6 Å². The zero-order valence-electron chi connectivity index (χ0n) is 20.5. The fourth-order valence-electron chi connectivity index (χ4n) is 6.02. The summed E-state index contributed by atoms with van der Waals surface area (Å²) in [6, 6.07) is 2.99. The van der Waals surface area contributed by atoms with E-state index in [4.69, 9.17) is 14.7 Å². The van der Waals surface area contributed by atoms with Crippen LogP contribution in [0, 0.1) is 17.2 Å². The first kappa shape index (κ1) is 22.2. The molecule has 8 heteroatoms. The van der Waals surface area contributed by atoms with Crippen LogP contribution in [0.25, 0.3) is 0 Å². The van der Waals surface area contributed by atoms with E-state index in [1.165, 1.54) is 24.8 Å². The van der Waals surface area contributed by atoms with Crippen molar-refractivity contribution >= 4 is 17.7 Å². The van der Waals surface area contributed by atoms with Crippen molar-refractivity contribution in [1.82, 2.24) is 14.9 Å². The van der Waals surface area contributed by atoms with Gasteiger partial charge >= 0.3 is 6.09 Å². The Labute approximate surface area is 196 Å². The third-order valence-corrected chi connectivity index (χ3v) is 8.02. The molecule has 3 heterocycles. The van der Waals surface area contributed by atoms with E-state index in [0.717, 1.165) is 37.6 Å². The van der Waals surface area contributed by atoms with E-state index in [2.05, 4.69) is 29.7 Å². The molecule has 8 nitrogen and oxygen atoms in total. The maximum atomic E-state index is 12.8. The minimum Gasteiger partial charge on any atom is -0.444 e. The molecule has 1 aromatic heterocycles. The molecule has 2 saturated carbocycles. The Balaban J connectivity index is 1.42. The van der Waals surface area contributed by atoms with E-state index in [1.54, 1.807) is 6.33 Å². The quantitative estimate of drug-likeness (QED) is 0.674. The van der Waals surface area contributed by atoms with E-state index in [0.29, 0.717) is 12.6 Å². The van der Waals surface area contributed by atoms with Crippen LogP contribution in [0.15, 0.2) is 6.33 Å². The fourth-order valence-corrected chi connectivity index (χ4v) is 6.02. The summed E-state index contributed by atoms with van der Waals surface area (Å²) in [6.45, 7) is 12.3. The molecule has 1 saturated heterocycles. The number of rotatable bonds is 2. The van der Waals surface area contributed by atoms with Gasteiger partial charge < -0.3 is 19.4 Å². The van der Waals surface area contributed by atoms with Gasteiger partial charge in [0.2, 0.25) is 0 Å². The maximum absolute atomic E-state index is 12.8. The molecule has 1 spiro atoms. The largest absolute Gasteiger partial charge is 0.444 e. The highest BCUT2D eigenvalue weighted by Gasteiger charge is 2.53. The summed E-state index contributed by atoms with van der Waals surface area (Å²) < 4.78 is 5.66. The summed E-state index contributed by atoms with van der Waals surface area (Å²) >= 11 is 0. The SMILES string of the molecule is C[C@@H]1CN(c2ncnc3c2C2(CCC2)CN3C2CC(C#N)C2)[C@@H](C)CN1C(=O)OC(C)(C)C. The third-order valence-electron chi connectivity index (χ3n) is 8.02. The number of nitriles is 1. The lowest BCUT2D eigenvalue weighted by atomic mass is 9.65. The highest BCUT2D eigenvalue weighted by Crippen LogP contribution is 2.56. The van der Waals surface area contributed by atoms with Crippen LogP contribution in [-0.2, 0) is 10.2 Å². The molecule has 178 valence electrons. The maximum Gasteiger partial charge on any atom is 0.410 e. The molecule has 1 amide bonds. The summed E-state index contributed by atoms with van der Waals surface area (Å²) in [5.41, 5.74) is 0.938. The van der Waals surface area contributed by atoms with Crippen molar-refractivity contribution in [3.63, 3.8) is 0 Å². The molecule has 0 N–H and O–H groups in total. The van der Waals surface area contributed by atoms with Crippen molar-refractivity contribution in [1.29, 1.82) is 5.26 Å². The number of ether oxygens (including phenoxy) is 1. The molecule has 2 aliphatic carbocycles. The van der Waals surface area contributed by atoms with Crippen LogP contribution in [0.4, 0.5) is 16.4 Å². The highest BCUT2D eigenvalue weighted by atomic mass is 16.6. The Morgan fingerprint density at radius 1 is 1.12 bits per heavy atom. The van der Waals surface area contributed by atoms with Crippen molar-refractivity contribution in [3.8, 4) is 6.07 Å². The van der Waals surface area contributed by atoms with Crippen molar-refractivity contribution in [2.24, 2.45) is 5.92 Å². The number of carbonyl (C=O) groups is 1. The summed E-state index contributed by atoms with van der Waals surface area (Å²) in [5.74, 6) is 2.30. The molecule has 0 bridgehead atoms. The standard InChI is InChI=1S/C25H36N6O2/c1-16-13-30(23(32)33-24(3,4)5)17(2)12-29(16)21-20-22(28-15-27-21)31(14-25(20)7-6-8-25)19-9-18(10-19)11-26/h15-19H,6-10,12-14H2,1-5H3/t16-,17+,18?,19?/m0/s1. The van der Waals surface area contributed by atoms with E-state index in [-0.39, 0.29) is 29.5 Å². The predicted molar refractivity (Wildman–Crippen MR) is 126 cm³/mol. The summed E-state index contributed by atoms with van der Waals surface area (Å²) in [6.07, 6.45) is 6.93. The number of amides is 1. The second kappa shape index (κ2) is 7.75. The van der Waals surface area contributed by atoms with E-state index >= 15 is 0 Å². The Morgan fingerprint density at radius 3 is 2.36 bits per heavy atom. The van der Waals surface area contributed by atoms with Crippen LogP contribution in [-0.4, -0.2) is 64.3 Å². The van der Waals surface area contributed by atoms with Crippen LogP contribution >= 0.6 is 0 Å². The van der Waals surface area contributed by atoms with Gasteiger partial charge in [-0.1, -0.05) is 6.42 Å². The van der Waals surface area contributed by atoms with E-state index in [1.807, 2.05) is 25.7 Å². The number of carbonyl (C=O) groups excluding carboxylic acids is 1. The second-order valence-corrected chi connectivity index (χ2v) is 11.6.